The molecule has 0 saturated heterocycles. The molecule has 0 amide bonds. The first kappa shape index (κ1) is 12.2. The molecule has 1 fully saturated rings. The average Bonchev–Trinajstić information content (AvgIpc) is 2.54. The van der Waals surface area contributed by atoms with E-state index in [1.165, 1.54) is 6.42 Å². The topological polar surface area (TPSA) is 53.9 Å². The Morgan fingerprint density at radius 1 is 1.38 bits per heavy atom. The fourth-order valence-corrected chi connectivity index (χ4v) is 2.53. The third kappa shape index (κ3) is 2.90. The van der Waals surface area contributed by atoms with Crippen molar-refractivity contribution < 1.29 is 9.94 Å². The minimum absolute atomic E-state index is 0.116. The largest absolute Gasteiger partial charge is 0.392 e. The van der Waals surface area contributed by atoms with Crippen LogP contribution in [-0.2, 0) is 4.84 Å². The lowest BCUT2D eigenvalue weighted by Gasteiger charge is -2.28. The van der Waals surface area contributed by atoms with E-state index in [9.17, 15) is 5.11 Å². The van der Waals surface area contributed by atoms with Crippen molar-refractivity contribution in [2.45, 2.75) is 44.2 Å². The Hall–Kier alpha value is -0.260. The molecule has 2 N–H and O–H groups in total. The second kappa shape index (κ2) is 5.89. The van der Waals surface area contributed by atoms with Crippen LogP contribution < -0.4 is 5.48 Å². The first-order chi connectivity index (χ1) is 7.81. The molecule has 3 atom stereocenters. The lowest BCUT2D eigenvalue weighted by molar-refractivity contribution is 0.0517. The molecule has 0 aromatic heterocycles. The zero-order valence-electron chi connectivity index (χ0n) is 9.43. The van der Waals surface area contributed by atoms with Crippen LogP contribution in [0, 0.1) is 5.92 Å². The maximum Gasteiger partial charge on any atom is 0.126 e. The summed E-state index contributed by atoms with van der Waals surface area (Å²) in [6, 6.07) is 0.120. The Balaban J connectivity index is 2.06. The number of amidine groups is 1. The number of aliphatic hydroxyl groups is 1. The lowest BCUT2D eigenvalue weighted by atomic mass is 9.96. The molecule has 0 aromatic carbocycles. The van der Waals surface area contributed by atoms with Gasteiger partial charge in [0.25, 0.3) is 0 Å². The van der Waals surface area contributed by atoms with E-state index in [4.69, 9.17) is 4.84 Å². The third-order valence-corrected chi connectivity index (χ3v) is 3.74. The summed E-state index contributed by atoms with van der Waals surface area (Å²) in [5, 5.41) is 10.1. The highest BCUT2D eigenvalue weighted by Crippen LogP contribution is 2.25. The van der Waals surface area contributed by atoms with Crippen LogP contribution in [0.3, 0.4) is 0 Å². The van der Waals surface area contributed by atoms with Crippen LogP contribution in [0.5, 0.6) is 0 Å². The molecule has 3 unspecified atom stereocenters. The second-order valence-electron chi connectivity index (χ2n) is 4.58. The van der Waals surface area contributed by atoms with E-state index in [0.29, 0.717) is 12.4 Å². The van der Waals surface area contributed by atoms with Crippen molar-refractivity contribution in [2.75, 3.05) is 12.4 Å². The third-order valence-electron chi connectivity index (χ3n) is 3.32. The number of hydrogen-bond acceptors (Lipinski definition) is 5. The number of hydroxylamine groups is 1. The van der Waals surface area contributed by atoms with E-state index in [-0.39, 0.29) is 18.1 Å². The number of rotatable bonds is 2. The summed E-state index contributed by atoms with van der Waals surface area (Å²) in [7, 11) is 0. The fourth-order valence-electron chi connectivity index (χ4n) is 2.34. The summed E-state index contributed by atoms with van der Waals surface area (Å²) in [5.41, 5.74) is 2.87. The molecule has 4 nitrogen and oxygen atoms in total. The predicted octanol–water partition coefficient (Wildman–Crippen LogP) is 1.16. The maximum atomic E-state index is 10.1. The first-order valence-electron chi connectivity index (χ1n) is 6.05. The van der Waals surface area contributed by atoms with Crippen molar-refractivity contribution in [1.82, 2.24) is 5.48 Å². The van der Waals surface area contributed by atoms with E-state index in [0.717, 1.165) is 31.5 Å². The van der Waals surface area contributed by atoms with Crippen molar-refractivity contribution in [3.05, 3.63) is 0 Å². The zero-order valence-corrected chi connectivity index (χ0v) is 10.3. The van der Waals surface area contributed by atoms with Crippen molar-refractivity contribution in [3.63, 3.8) is 0 Å². The van der Waals surface area contributed by atoms with Gasteiger partial charge >= 0.3 is 0 Å². The SMILES string of the molecule is OC1CCCCCC1C1=NC(CS)CON1. The molecule has 92 valence electrons. The summed E-state index contributed by atoms with van der Waals surface area (Å²) in [5.74, 6) is 1.62. The number of nitrogens with zero attached hydrogens (tertiary/aromatic N) is 1. The molecule has 0 aromatic rings. The molecule has 1 aliphatic heterocycles. The van der Waals surface area contributed by atoms with E-state index < -0.39 is 0 Å². The van der Waals surface area contributed by atoms with Crippen LogP contribution >= 0.6 is 12.6 Å². The second-order valence-corrected chi connectivity index (χ2v) is 4.94. The van der Waals surface area contributed by atoms with Gasteiger partial charge in [-0.05, 0) is 12.8 Å². The van der Waals surface area contributed by atoms with Gasteiger partial charge in [0.15, 0.2) is 0 Å². The Kier molecular flexibility index (Phi) is 4.49. The van der Waals surface area contributed by atoms with Gasteiger partial charge in [0.1, 0.15) is 5.84 Å². The van der Waals surface area contributed by atoms with Gasteiger partial charge in [0.05, 0.1) is 18.8 Å². The van der Waals surface area contributed by atoms with Crippen LogP contribution in [-0.4, -0.2) is 35.4 Å². The van der Waals surface area contributed by atoms with Crippen LogP contribution in [0.4, 0.5) is 0 Å². The molecule has 5 heteroatoms. The summed E-state index contributed by atoms with van der Waals surface area (Å²) < 4.78 is 0. The highest BCUT2D eigenvalue weighted by atomic mass is 32.1. The predicted molar refractivity (Wildman–Crippen MR) is 66.7 cm³/mol. The van der Waals surface area contributed by atoms with Gasteiger partial charge in [-0.2, -0.15) is 12.6 Å². The Bertz CT molecular complexity index is 260. The van der Waals surface area contributed by atoms with Crippen molar-refractivity contribution >= 4 is 18.5 Å². The van der Waals surface area contributed by atoms with Crippen LogP contribution in [0.25, 0.3) is 0 Å². The van der Waals surface area contributed by atoms with Crippen molar-refractivity contribution in [1.29, 1.82) is 0 Å². The molecular weight excluding hydrogens is 224 g/mol. The maximum absolute atomic E-state index is 10.1. The fraction of sp³-hybridized carbons (Fsp3) is 0.909. The minimum Gasteiger partial charge on any atom is -0.392 e. The molecule has 1 aliphatic carbocycles. The summed E-state index contributed by atoms with van der Waals surface area (Å²) in [6.45, 7) is 0.565. The molecule has 16 heavy (non-hydrogen) atoms. The zero-order chi connectivity index (χ0) is 11.4. The number of hydrogen-bond donors (Lipinski definition) is 3. The monoisotopic (exact) mass is 244 g/mol. The molecule has 1 heterocycles. The number of aliphatic imine (C=N–C) groups is 1. The minimum atomic E-state index is -0.281. The van der Waals surface area contributed by atoms with Gasteiger partial charge in [0, 0.05) is 11.7 Å². The average molecular weight is 244 g/mol. The Labute approximate surface area is 102 Å². The molecule has 1 saturated carbocycles. The van der Waals surface area contributed by atoms with Crippen molar-refractivity contribution in [3.8, 4) is 0 Å². The van der Waals surface area contributed by atoms with E-state index in [1.54, 1.807) is 0 Å². The summed E-state index contributed by atoms with van der Waals surface area (Å²) in [4.78, 5) is 9.85. The standard InChI is InChI=1S/C11H20N2O2S/c14-10-5-3-1-2-4-9(10)11-12-8(7-16)6-15-13-11/h8-10,14,16H,1-7H2,(H,12,13). The number of aliphatic hydroxyl groups excluding tert-OH is 1. The molecular formula is C11H20N2O2S. The lowest BCUT2D eigenvalue weighted by Crippen LogP contribution is -2.43. The first-order valence-corrected chi connectivity index (χ1v) is 6.69. The van der Waals surface area contributed by atoms with Crippen LogP contribution in [0.1, 0.15) is 32.1 Å². The highest BCUT2D eigenvalue weighted by molar-refractivity contribution is 7.80. The highest BCUT2D eigenvalue weighted by Gasteiger charge is 2.29. The Morgan fingerprint density at radius 2 is 2.19 bits per heavy atom. The Morgan fingerprint density at radius 3 is 3.00 bits per heavy atom. The molecule has 0 bridgehead atoms. The van der Waals surface area contributed by atoms with Gasteiger partial charge in [-0.3, -0.25) is 15.3 Å². The van der Waals surface area contributed by atoms with E-state index in [2.05, 4.69) is 23.1 Å². The summed E-state index contributed by atoms with van der Waals surface area (Å²) in [6.07, 6.45) is 5.07. The van der Waals surface area contributed by atoms with Gasteiger partial charge in [0.2, 0.25) is 0 Å². The van der Waals surface area contributed by atoms with E-state index in [1.807, 2.05) is 0 Å². The number of thiol groups is 1. The summed E-state index contributed by atoms with van der Waals surface area (Å²) >= 11 is 4.23. The van der Waals surface area contributed by atoms with Gasteiger partial charge in [-0.1, -0.05) is 19.3 Å². The van der Waals surface area contributed by atoms with Gasteiger partial charge < -0.3 is 5.11 Å². The van der Waals surface area contributed by atoms with Crippen LogP contribution in [0.15, 0.2) is 4.99 Å². The molecule has 2 rings (SSSR count). The van der Waals surface area contributed by atoms with Gasteiger partial charge in [-0.25, -0.2) is 0 Å². The smallest absolute Gasteiger partial charge is 0.126 e. The van der Waals surface area contributed by atoms with Crippen molar-refractivity contribution in [2.24, 2.45) is 10.9 Å². The normalized spacial score (nSPS) is 36.1. The molecule has 0 spiro atoms. The van der Waals surface area contributed by atoms with Gasteiger partial charge in [-0.15, -0.1) is 0 Å². The number of nitrogens with one attached hydrogen (secondary N) is 1. The van der Waals surface area contributed by atoms with E-state index >= 15 is 0 Å². The molecule has 2 aliphatic rings. The molecule has 0 radical (unpaired) electrons. The van der Waals surface area contributed by atoms with Crippen LogP contribution in [0.2, 0.25) is 0 Å². The quantitative estimate of drug-likeness (QED) is 0.505.